The van der Waals surface area contributed by atoms with Gasteiger partial charge in [-0.1, -0.05) is 51.0 Å². The molecule has 0 spiro atoms. The van der Waals surface area contributed by atoms with E-state index in [0.717, 1.165) is 25.7 Å². The Kier molecular flexibility index (Phi) is 9.01. The number of unbranched alkanes of at least 4 members (excludes halogenated alkanes) is 7. The first-order valence-corrected chi connectivity index (χ1v) is 8.01. The third-order valence-corrected chi connectivity index (χ3v) is 4.02. The number of ether oxygens (including phenoxy) is 1. The molecule has 0 aromatic carbocycles. The van der Waals surface area contributed by atoms with Crippen molar-refractivity contribution < 1.29 is 14.3 Å². The Morgan fingerprint density at radius 3 is 2.25 bits per heavy atom. The molecule has 0 heterocycles. The topological polar surface area (TPSA) is 43.4 Å². The summed E-state index contributed by atoms with van der Waals surface area (Å²) >= 11 is 0. The normalized spacial score (nSPS) is 17.6. The first-order chi connectivity index (χ1) is 9.74. The molecule has 3 heteroatoms. The summed E-state index contributed by atoms with van der Waals surface area (Å²) in [7, 11) is 1.44. The van der Waals surface area contributed by atoms with Crippen molar-refractivity contribution in [1.29, 1.82) is 0 Å². The molecular formula is C17H28O3. The van der Waals surface area contributed by atoms with Crippen molar-refractivity contribution >= 4 is 11.8 Å². The molecule has 114 valence electrons. The van der Waals surface area contributed by atoms with E-state index in [-0.39, 0.29) is 11.9 Å². The Balaban J connectivity index is 1.79. The van der Waals surface area contributed by atoms with Crippen LogP contribution in [-0.4, -0.2) is 18.9 Å². The summed E-state index contributed by atoms with van der Waals surface area (Å²) in [5.41, 5.74) is 0. The highest BCUT2D eigenvalue weighted by Gasteiger charge is 2.18. The zero-order chi connectivity index (χ0) is 14.6. The van der Waals surface area contributed by atoms with E-state index in [0.29, 0.717) is 12.2 Å². The monoisotopic (exact) mass is 280 g/mol. The van der Waals surface area contributed by atoms with Gasteiger partial charge in [-0.3, -0.25) is 9.59 Å². The first kappa shape index (κ1) is 16.9. The van der Waals surface area contributed by atoms with Gasteiger partial charge in [0.1, 0.15) is 0 Å². The summed E-state index contributed by atoms with van der Waals surface area (Å²) in [6.07, 6.45) is 15.8. The van der Waals surface area contributed by atoms with Gasteiger partial charge in [-0.25, -0.2) is 0 Å². The summed E-state index contributed by atoms with van der Waals surface area (Å²) in [5.74, 6) is 0.518. The maximum absolute atomic E-state index is 11.4. The van der Waals surface area contributed by atoms with E-state index in [2.05, 4.69) is 4.74 Å². The quantitative estimate of drug-likeness (QED) is 0.420. The first-order valence-electron chi connectivity index (χ1n) is 8.01. The summed E-state index contributed by atoms with van der Waals surface area (Å²) in [5, 5.41) is 0. The molecule has 0 amide bonds. The lowest BCUT2D eigenvalue weighted by Crippen LogP contribution is -2.05. The average molecular weight is 280 g/mol. The molecule has 0 bridgehead atoms. The number of hydrogen-bond donors (Lipinski definition) is 0. The molecule has 1 aliphatic carbocycles. The zero-order valence-corrected chi connectivity index (χ0v) is 12.7. The molecule has 20 heavy (non-hydrogen) atoms. The summed E-state index contributed by atoms with van der Waals surface area (Å²) in [6, 6.07) is 0. The van der Waals surface area contributed by atoms with Crippen molar-refractivity contribution in [2.75, 3.05) is 7.11 Å². The number of carbonyl (C=O) groups excluding carboxylic acids is 2. The Labute approximate surface area is 122 Å². The molecule has 0 saturated heterocycles. The van der Waals surface area contributed by atoms with Crippen molar-refractivity contribution in [3.63, 3.8) is 0 Å². The predicted molar refractivity (Wildman–Crippen MR) is 80.4 cm³/mol. The number of esters is 1. The molecule has 0 radical (unpaired) electrons. The summed E-state index contributed by atoms with van der Waals surface area (Å²) in [4.78, 5) is 22.3. The Bertz CT molecular complexity index is 320. The molecule has 0 fully saturated rings. The van der Waals surface area contributed by atoms with Crippen LogP contribution < -0.4 is 0 Å². The predicted octanol–water partition coefficient (Wildman–Crippen LogP) is 4.21. The van der Waals surface area contributed by atoms with E-state index in [9.17, 15) is 9.59 Å². The van der Waals surface area contributed by atoms with Crippen LogP contribution in [0.4, 0.5) is 0 Å². The maximum Gasteiger partial charge on any atom is 0.305 e. The standard InChI is InChI=1S/C17H28O3/c1-20-17(19)14-9-7-5-3-2-4-6-8-11-15-12-10-13-16(15)18/h10,13,15H,2-9,11-12,14H2,1H3. The van der Waals surface area contributed by atoms with Crippen LogP contribution in [0.5, 0.6) is 0 Å². The smallest absolute Gasteiger partial charge is 0.305 e. The van der Waals surface area contributed by atoms with Gasteiger partial charge in [0.25, 0.3) is 0 Å². The van der Waals surface area contributed by atoms with Gasteiger partial charge in [-0.15, -0.1) is 0 Å². The van der Waals surface area contributed by atoms with E-state index >= 15 is 0 Å². The van der Waals surface area contributed by atoms with Crippen LogP contribution >= 0.6 is 0 Å². The van der Waals surface area contributed by atoms with E-state index in [1.54, 1.807) is 6.08 Å². The van der Waals surface area contributed by atoms with E-state index in [1.165, 1.54) is 45.6 Å². The molecule has 1 rings (SSSR count). The molecule has 0 aliphatic heterocycles. The fourth-order valence-electron chi connectivity index (χ4n) is 2.68. The minimum Gasteiger partial charge on any atom is -0.469 e. The second-order valence-corrected chi connectivity index (χ2v) is 5.68. The Hall–Kier alpha value is -1.12. The van der Waals surface area contributed by atoms with Crippen LogP contribution in [0.2, 0.25) is 0 Å². The second-order valence-electron chi connectivity index (χ2n) is 5.68. The van der Waals surface area contributed by atoms with Crippen molar-refractivity contribution in [3.8, 4) is 0 Å². The van der Waals surface area contributed by atoms with Crippen LogP contribution in [0, 0.1) is 5.92 Å². The molecule has 0 aromatic rings. The Morgan fingerprint density at radius 2 is 1.70 bits per heavy atom. The fourth-order valence-corrected chi connectivity index (χ4v) is 2.68. The maximum atomic E-state index is 11.4. The molecule has 1 atom stereocenters. The molecule has 0 N–H and O–H groups in total. The van der Waals surface area contributed by atoms with Gasteiger partial charge in [-0.2, -0.15) is 0 Å². The summed E-state index contributed by atoms with van der Waals surface area (Å²) in [6.45, 7) is 0. The van der Waals surface area contributed by atoms with Crippen molar-refractivity contribution in [1.82, 2.24) is 0 Å². The third-order valence-electron chi connectivity index (χ3n) is 4.02. The lowest BCUT2D eigenvalue weighted by atomic mass is 9.97. The highest BCUT2D eigenvalue weighted by atomic mass is 16.5. The third kappa shape index (κ3) is 7.46. The van der Waals surface area contributed by atoms with Crippen LogP contribution in [0.15, 0.2) is 12.2 Å². The van der Waals surface area contributed by atoms with Crippen LogP contribution in [0.1, 0.15) is 70.6 Å². The number of allylic oxidation sites excluding steroid dienone is 2. The molecule has 1 aliphatic rings. The van der Waals surface area contributed by atoms with Gasteiger partial charge in [0, 0.05) is 12.3 Å². The fraction of sp³-hybridized carbons (Fsp3) is 0.765. The molecular weight excluding hydrogens is 252 g/mol. The largest absolute Gasteiger partial charge is 0.469 e. The van der Waals surface area contributed by atoms with Crippen molar-refractivity contribution in [3.05, 3.63) is 12.2 Å². The highest BCUT2D eigenvalue weighted by molar-refractivity contribution is 5.93. The minimum absolute atomic E-state index is 0.0963. The lowest BCUT2D eigenvalue weighted by Gasteiger charge is -2.07. The van der Waals surface area contributed by atoms with E-state index < -0.39 is 0 Å². The number of carbonyl (C=O) groups is 2. The average Bonchev–Trinajstić information content (AvgIpc) is 2.86. The van der Waals surface area contributed by atoms with E-state index in [4.69, 9.17) is 0 Å². The molecule has 0 aromatic heterocycles. The number of rotatable bonds is 11. The highest BCUT2D eigenvalue weighted by Crippen LogP contribution is 2.21. The summed E-state index contributed by atoms with van der Waals surface area (Å²) < 4.78 is 4.60. The van der Waals surface area contributed by atoms with Crippen molar-refractivity contribution in [2.45, 2.75) is 70.6 Å². The number of hydrogen-bond acceptors (Lipinski definition) is 3. The second kappa shape index (κ2) is 10.6. The van der Waals surface area contributed by atoms with Crippen LogP contribution in [0.3, 0.4) is 0 Å². The van der Waals surface area contributed by atoms with Gasteiger partial charge in [-0.05, 0) is 25.3 Å². The molecule has 1 unspecified atom stereocenters. The zero-order valence-electron chi connectivity index (χ0n) is 12.7. The van der Waals surface area contributed by atoms with E-state index in [1.807, 2.05) is 6.08 Å². The van der Waals surface area contributed by atoms with Gasteiger partial charge < -0.3 is 4.74 Å². The van der Waals surface area contributed by atoms with Gasteiger partial charge in [0.15, 0.2) is 5.78 Å². The number of methoxy groups -OCH3 is 1. The van der Waals surface area contributed by atoms with Gasteiger partial charge in [0.05, 0.1) is 7.11 Å². The van der Waals surface area contributed by atoms with Gasteiger partial charge >= 0.3 is 5.97 Å². The van der Waals surface area contributed by atoms with Crippen LogP contribution in [0.25, 0.3) is 0 Å². The van der Waals surface area contributed by atoms with Crippen molar-refractivity contribution in [2.24, 2.45) is 5.92 Å². The lowest BCUT2D eigenvalue weighted by molar-refractivity contribution is -0.140. The minimum atomic E-state index is -0.0963. The van der Waals surface area contributed by atoms with Crippen LogP contribution in [-0.2, 0) is 14.3 Å². The molecule has 3 nitrogen and oxygen atoms in total. The van der Waals surface area contributed by atoms with Gasteiger partial charge in [0.2, 0.25) is 0 Å². The number of ketones is 1. The Morgan fingerprint density at radius 1 is 1.10 bits per heavy atom. The molecule has 0 saturated carbocycles. The SMILES string of the molecule is COC(=O)CCCCCCCCCCC1CC=CC1=O.